The topological polar surface area (TPSA) is 72.5 Å². The van der Waals surface area contributed by atoms with E-state index in [-0.39, 0.29) is 0 Å². The fraction of sp³-hybridized carbons (Fsp3) is 0.222. The molecule has 72 valence electrons. The quantitative estimate of drug-likeness (QED) is 0.645. The van der Waals surface area contributed by atoms with Crippen molar-refractivity contribution in [1.82, 2.24) is 0 Å². The molecule has 0 atom stereocenters. The lowest BCUT2D eigenvalue weighted by atomic mass is 10.3. The number of anilines is 1. The van der Waals surface area contributed by atoms with Crippen LogP contribution in [0.3, 0.4) is 0 Å². The molecule has 0 aliphatic heterocycles. The van der Waals surface area contributed by atoms with Crippen LogP contribution in [0.25, 0.3) is 0 Å². The summed E-state index contributed by atoms with van der Waals surface area (Å²) in [5.74, 6) is 0.00389. The molecule has 0 spiro atoms. The van der Waals surface area contributed by atoms with E-state index in [1.807, 2.05) is 12.1 Å². The average molecular weight is 183 g/mol. The molecule has 0 radical (unpaired) electrons. The number of rotatable bonds is 1. The number of carboxylic acids is 1. The van der Waals surface area contributed by atoms with Crippen molar-refractivity contribution in [2.24, 2.45) is 0 Å². The molecule has 0 aliphatic rings. The summed E-state index contributed by atoms with van der Waals surface area (Å²) in [5.41, 5.74) is 6.19. The van der Waals surface area contributed by atoms with Gasteiger partial charge in [-0.3, -0.25) is 4.79 Å². The number of carboxylic acid groups (broad SMARTS) is 1. The van der Waals surface area contributed by atoms with E-state index in [1.165, 1.54) is 0 Å². The first-order chi connectivity index (χ1) is 6.06. The van der Waals surface area contributed by atoms with Crippen molar-refractivity contribution in [3.05, 3.63) is 24.3 Å². The van der Waals surface area contributed by atoms with Gasteiger partial charge in [0.15, 0.2) is 0 Å². The summed E-state index contributed by atoms with van der Waals surface area (Å²) in [6.45, 7) is 1.08. The molecule has 0 heterocycles. The van der Waals surface area contributed by atoms with E-state index >= 15 is 0 Å². The zero-order valence-electron chi connectivity index (χ0n) is 7.65. The first-order valence-electron chi connectivity index (χ1n) is 3.65. The molecule has 3 N–H and O–H groups in total. The molecule has 0 unspecified atom stereocenters. The molecule has 0 saturated carbocycles. The van der Waals surface area contributed by atoms with Crippen LogP contribution in [0.2, 0.25) is 0 Å². The van der Waals surface area contributed by atoms with E-state index in [9.17, 15) is 0 Å². The van der Waals surface area contributed by atoms with Crippen molar-refractivity contribution < 1.29 is 14.6 Å². The van der Waals surface area contributed by atoms with Crippen LogP contribution in [0, 0.1) is 0 Å². The molecule has 1 aromatic carbocycles. The number of nitrogen functional groups attached to an aromatic ring is 1. The minimum Gasteiger partial charge on any atom is -0.497 e. The minimum atomic E-state index is -0.833. The summed E-state index contributed by atoms with van der Waals surface area (Å²) in [4.78, 5) is 9.00. The highest BCUT2D eigenvalue weighted by Gasteiger charge is 1.86. The number of hydrogen-bond donors (Lipinski definition) is 2. The van der Waals surface area contributed by atoms with Crippen LogP contribution in [0.15, 0.2) is 24.3 Å². The van der Waals surface area contributed by atoms with Gasteiger partial charge in [-0.25, -0.2) is 0 Å². The van der Waals surface area contributed by atoms with Crippen LogP contribution >= 0.6 is 0 Å². The molecule has 4 nitrogen and oxygen atoms in total. The molecule has 0 aromatic heterocycles. The highest BCUT2D eigenvalue weighted by molar-refractivity contribution is 5.62. The predicted octanol–water partition coefficient (Wildman–Crippen LogP) is 1.37. The van der Waals surface area contributed by atoms with Crippen LogP contribution in [0.1, 0.15) is 6.92 Å². The first kappa shape index (κ1) is 11.3. The fourth-order valence-electron chi connectivity index (χ4n) is 0.604. The van der Waals surface area contributed by atoms with Gasteiger partial charge in [0.2, 0.25) is 0 Å². The summed E-state index contributed by atoms with van der Waals surface area (Å²) < 4.78 is 4.91. The summed E-state index contributed by atoms with van der Waals surface area (Å²) in [6, 6.07) is 7.27. The van der Waals surface area contributed by atoms with Gasteiger partial charge in [0, 0.05) is 12.6 Å². The highest BCUT2D eigenvalue weighted by Crippen LogP contribution is 2.11. The van der Waals surface area contributed by atoms with E-state index < -0.39 is 5.97 Å². The van der Waals surface area contributed by atoms with Gasteiger partial charge in [-0.05, 0) is 24.3 Å². The smallest absolute Gasteiger partial charge is 0.300 e. The number of aliphatic carboxylic acids is 1. The molecular formula is C9H13NO3. The summed E-state index contributed by atoms with van der Waals surface area (Å²) in [5, 5.41) is 7.42. The van der Waals surface area contributed by atoms with Crippen molar-refractivity contribution in [2.45, 2.75) is 6.92 Å². The van der Waals surface area contributed by atoms with Crippen molar-refractivity contribution in [3.8, 4) is 5.75 Å². The van der Waals surface area contributed by atoms with Gasteiger partial charge in [-0.2, -0.15) is 0 Å². The number of benzene rings is 1. The van der Waals surface area contributed by atoms with Gasteiger partial charge in [-0.1, -0.05) is 0 Å². The second kappa shape index (κ2) is 5.88. The molecule has 0 aliphatic carbocycles. The third-order valence-corrected chi connectivity index (χ3v) is 1.12. The Balaban J connectivity index is 0.000000310. The van der Waals surface area contributed by atoms with Crippen molar-refractivity contribution in [3.63, 3.8) is 0 Å². The highest BCUT2D eigenvalue weighted by atomic mass is 16.5. The molecule has 1 aromatic rings. The van der Waals surface area contributed by atoms with Crippen LogP contribution in [0.4, 0.5) is 5.69 Å². The maximum atomic E-state index is 9.00. The Hall–Kier alpha value is -1.71. The van der Waals surface area contributed by atoms with Gasteiger partial charge in [-0.15, -0.1) is 0 Å². The molecular weight excluding hydrogens is 170 g/mol. The number of carbonyl (C=O) groups is 1. The zero-order valence-corrected chi connectivity index (χ0v) is 7.65. The average Bonchev–Trinajstić information content (AvgIpc) is 2.05. The van der Waals surface area contributed by atoms with Gasteiger partial charge in [0.1, 0.15) is 5.75 Å². The number of nitrogens with two attached hydrogens (primary N) is 1. The molecule has 0 fully saturated rings. The lowest BCUT2D eigenvalue weighted by Gasteiger charge is -1.97. The molecule has 0 saturated heterocycles. The molecule has 13 heavy (non-hydrogen) atoms. The molecule has 0 bridgehead atoms. The Kier molecular flexibility index (Phi) is 5.11. The van der Waals surface area contributed by atoms with Gasteiger partial charge in [0.05, 0.1) is 7.11 Å². The first-order valence-corrected chi connectivity index (χ1v) is 3.65. The Bertz CT molecular complexity index is 252. The number of hydrogen-bond acceptors (Lipinski definition) is 3. The lowest BCUT2D eigenvalue weighted by Crippen LogP contribution is -1.84. The summed E-state index contributed by atoms with van der Waals surface area (Å²) in [6.07, 6.45) is 0. The maximum absolute atomic E-state index is 9.00. The van der Waals surface area contributed by atoms with E-state index in [4.69, 9.17) is 20.4 Å². The van der Waals surface area contributed by atoms with Crippen LogP contribution in [0.5, 0.6) is 5.75 Å². The number of methoxy groups -OCH3 is 1. The van der Waals surface area contributed by atoms with Crippen molar-refractivity contribution >= 4 is 11.7 Å². The minimum absolute atomic E-state index is 0.760. The Morgan fingerprint density at radius 2 is 1.77 bits per heavy atom. The third-order valence-electron chi connectivity index (χ3n) is 1.12. The van der Waals surface area contributed by atoms with Gasteiger partial charge >= 0.3 is 0 Å². The SMILES string of the molecule is CC(=O)O.COc1ccc(N)cc1. The standard InChI is InChI=1S/C7H9NO.C2H4O2/c1-9-7-4-2-6(8)3-5-7;1-2(3)4/h2-5H,8H2,1H3;1H3,(H,3,4). The molecule has 0 amide bonds. The second-order valence-electron chi connectivity index (χ2n) is 2.29. The summed E-state index contributed by atoms with van der Waals surface area (Å²) in [7, 11) is 1.63. The Morgan fingerprint density at radius 3 is 2.08 bits per heavy atom. The van der Waals surface area contributed by atoms with E-state index in [2.05, 4.69) is 0 Å². The van der Waals surface area contributed by atoms with Crippen molar-refractivity contribution in [1.29, 1.82) is 0 Å². The Morgan fingerprint density at radius 1 is 1.38 bits per heavy atom. The third kappa shape index (κ3) is 6.68. The largest absolute Gasteiger partial charge is 0.497 e. The number of ether oxygens (including phenoxy) is 1. The van der Waals surface area contributed by atoms with Crippen LogP contribution < -0.4 is 10.5 Å². The van der Waals surface area contributed by atoms with E-state index in [0.29, 0.717) is 0 Å². The molecule has 1 rings (SSSR count). The maximum Gasteiger partial charge on any atom is 0.300 e. The van der Waals surface area contributed by atoms with E-state index in [1.54, 1.807) is 19.2 Å². The predicted molar refractivity (Wildman–Crippen MR) is 50.7 cm³/mol. The summed E-state index contributed by atoms with van der Waals surface area (Å²) >= 11 is 0. The van der Waals surface area contributed by atoms with Gasteiger partial charge < -0.3 is 15.6 Å². The Labute approximate surface area is 76.9 Å². The van der Waals surface area contributed by atoms with Gasteiger partial charge in [0.25, 0.3) is 5.97 Å². The van der Waals surface area contributed by atoms with Crippen LogP contribution in [-0.4, -0.2) is 18.2 Å². The van der Waals surface area contributed by atoms with Crippen LogP contribution in [-0.2, 0) is 4.79 Å². The zero-order chi connectivity index (χ0) is 10.3. The molecule has 4 heteroatoms. The lowest BCUT2D eigenvalue weighted by molar-refractivity contribution is -0.134. The normalized spacial score (nSPS) is 8.15. The van der Waals surface area contributed by atoms with Crippen molar-refractivity contribution in [2.75, 3.05) is 12.8 Å². The second-order valence-corrected chi connectivity index (χ2v) is 2.29. The monoisotopic (exact) mass is 183 g/mol. The fourth-order valence-corrected chi connectivity index (χ4v) is 0.604. The van der Waals surface area contributed by atoms with E-state index in [0.717, 1.165) is 18.4 Å².